The Hall–Kier alpha value is -2.61. The molecule has 7 nitrogen and oxygen atoms in total. The lowest BCUT2D eigenvalue weighted by Crippen LogP contribution is -2.42. The lowest BCUT2D eigenvalue weighted by molar-refractivity contribution is 0.145. The Morgan fingerprint density at radius 3 is 2.78 bits per heavy atom. The maximum atomic E-state index is 13.4. The third-order valence-corrected chi connectivity index (χ3v) is 5.35. The van der Waals surface area contributed by atoms with Gasteiger partial charge < -0.3 is 20.2 Å². The number of aliphatic hydroxyl groups is 1. The van der Waals surface area contributed by atoms with Crippen LogP contribution in [0.4, 0.5) is 20.6 Å². The molecule has 0 unspecified atom stereocenters. The highest BCUT2D eigenvalue weighted by Crippen LogP contribution is 2.27. The van der Waals surface area contributed by atoms with Crippen molar-refractivity contribution in [1.29, 1.82) is 0 Å². The molecule has 2 aromatic rings. The van der Waals surface area contributed by atoms with Gasteiger partial charge in [-0.05, 0) is 43.5 Å². The van der Waals surface area contributed by atoms with Crippen molar-refractivity contribution >= 4 is 17.4 Å². The Bertz CT molecular complexity index is 845. The first kappa shape index (κ1) is 17.8. The highest BCUT2D eigenvalue weighted by molar-refractivity contribution is 5.89. The second kappa shape index (κ2) is 7.19. The topological polar surface area (TPSA) is 73.6 Å². The van der Waals surface area contributed by atoms with Gasteiger partial charge >= 0.3 is 6.03 Å². The van der Waals surface area contributed by atoms with E-state index in [9.17, 15) is 14.3 Å². The number of hydrogen-bond donors (Lipinski definition) is 2. The number of aromatic nitrogens is 2. The Morgan fingerprint density at radius 2 is 2.04 bits per heavy atom. The predicted molar refractivity (Wildman–Crippen MR) is 100 cm³/mol. The molecule has 27 heavy (non-hydrogen) atoms. The van der Waals surface area contributed by atoms with Gasteiger partial charge in [0.2, 0.25) is 0 Å². The zero-order valence-corrected chi connectivity index (χ0v) is 15.4. The number of carbonyl (C=O) groups excluding carboxylic acids is 1. The summed E-state index contributed by atoms with van der Waals surface area (Å²) in [5.41, 5.74) is 3.14. The number of fused-ring (bicyclic) bond motifs is 1. The summed E-state index contributed by atoms with van der Waals surface area (Å²) in [6.45, 7) is 4.94. The first-order chi connectivity index (χ1) is 13.0. The molecule has 2 aliphatic heterocycles. The summed E-state index contributed by atoms with van der Waals surface area (Å²) in [4.78, 5) is 16.7. The van der Waals surface area contributed by atoms with E-state index in [1.54, 1.807) is 24.0 Å². The summed E-state index contributed by atoms with van der Waals surface area (Å²) in [7, 11) is 0. The molecule has 0 atom stereocenters. The molecule has 1 saturated heterocycles. The maximum Gasteiger partial charge on any atom is 0.322 e. The van der Waals surface area contributed by atoms with E-state index in [-0.39, 0.29) is 18.0 Å². The molecule has 144 valence electrons. The Kier molecular flexibility index (Phi) is 4.73. The number of nitrogens with one attached hydrogen (secondary N) is 1. The third-order valence-electron chi connectivity index (χ3n) is 5.35. The van der Waals surface area contributed by atoms with Gasteiger partial charge in [-0.1, -0.05) is 0 Å². The van der Waals surface area contributed by atoms with Gasteiger partial charge in [-0.15, -0.1) is 0 Å². The molecule has 0 aliphatic carbocycles. The van der Waals surface area contributed by atoms with Gasteiger partial charge in [-0.25, -0.2) is 9.18 Å². The minimum atomic E-state index is -0.286. The third kappa shape index (κ3) is 3.62. The fourth-order valence-corrected chi connectivity index (χ4v) is 3.70. The number of anilines is 2. The number of nitrogens with zero attached hydrogens (tertiary/aromatic N) is 4. The Labute approximate surface area is 157 Å². The second-order valence-corrected chi connectivity index (χ2v) is 7.23. The van der Waals surface area contributed by atoms with E-state index in [0.717, 1.165) is 37.3 Å². The highest BCUT2D eigenvalue weighted by atomic mass is 19.1. The van der Waals surface area contributed by atoms with Crippen LogP contribution in [0.25, 0.3) is 0 Å². The van der Waals surface area contributed by atoms with Gasteiger partial charge in [0.05, 0.1) is 36.8 Å². The van der Waals surface area contributed by atoms with Crippen LogP contribution in [-0.4, -0.2) is 51.6 Å². The molecule has 0 bridgehead atoms. The SMILES string of the molecule is Cc1cc(NC(=O)N2CCn3ncc(N4CCC(O)CC4)c3C2)ccc1F. The van der Waals surface area contributed by atoms with Gasteiger partial charge in [0.15, 0.2) is 0 Å². The number of piperidine rings is 1. The van der Waals surface area contributed by atoms with Crippen LogP contribution in [-0.2, 0) is 13.1 Å². The number of benzene rings is 1. The summed E-state index contributed by atoms with van der Waals surface area (Å²) in [5.74, 6) is -0.286. The molecule has 8 heteroatoms. The maximum absolute atomic E-state index is 13.4. The molecule has 2 N–H and O–H groups in total. The summed E-state index contributed by atoms with van der Waals surface area (Å²) in [6.07, 6.45) is 3.13. The minimum Gasteiger partial charge on any atom is -0.393 e. The van der Waals surface area contributed by atoms with Crippen LogP contribution in [0, 0.1) is 12.7 Å². The standard InChI is InChI=1S/C19H24FN5O2/c1-13-10-14(2-3-16(13)20)22-19(27)24-8-9-25-18(12-24)17(11-21-25)23-6-4-15(26)5-7-23/h2-3,10-11,15,26H,4-9,12H2,1H3,(H,22,27). The van der Waals surface area contributed by atoms with Gasteiger partial charge in [0.1, 0.15) is 5.82 Å². The number of aliphatic hydroxyl groups excluding tert-OH is 1. The Morgan fingerprint density at radius 1 is 1.26 bits per heavy atom. The van der Waals surface area contributed by atoms with E-state index in [4.69, 9.17) is 0 Å². The molecule has 3 heterocycles. The number of halogens is 1. The molecule has 0 saturated carbocycles. The van der Waals surface area contributed by atoms with Crippen LogP contribution >= 0.6 is 0 Å². The van der Waals surface area contributed by atoms with E-state index in [0.29, 0.717) is 30.9 Å². The molecule has 2 aliphatic rings. The number of carbonyl (C=O) groups is 1. The van der Waals surface area contributed by atoms with Crippen molar-refractivity contribution in [2.45, 2.75) is 39.0 Å². The molecule has 1 aromatic heterocycles. The van der Waals surface area contributed by atoms with Crippen molar-refractivity contribution < 1.29 is 14.3 Å². The molecule has 1 fully saturated rings. The second-order valence-electron chi connectivity index (χ2n) is 7.23. The number of rotatable bonds is 2. The molecular formula is C19H24FN5O2. The number of aryl methyl sites for hydroxylation is 1. The highest BCUT2D eigenvalue weighted by Gasteiger charge is 2.27. The monoisotopic (exact) mass is 373 g/mol. The van der Waals surface area contributed by atoms with Crippen molar-refractivity contribution in [3.63, 3.8) is 0 Å². The molecule has 0 spiro atoms. The summed E-state index contributed by atoms with van der Waals surface area (Å²) in [5, 5.41) is 17.0. The molecule has 4 rings (SSSR count). The summed E-state index contributed by atoms with van der Waals surface area (Å²) in [6, 6.07) is 4.36. The fourth-order valence-electron chi connectivity index (χ4n) is 3.70. The average Bonchev–Trinajstić information content (AvgIpc) is 3.08. The minimum absolute atomic E-state index is 0.200. The first-order valence-electron chi connectivity index (χ1n) is 9.31. The first-order valence-corrected chi connectivity index (χ1v) is 9.31. The van der Waals surface area contributed by atoms with E-state index >= 15 is 0 Å². The van der Waals surface area contributed by atoms with E-state index in [1.807, 2.05) is 10.9 Å². The van der Waals surface area contributed by atoms with E-state index in [1.165, 1.54) is 6.07 Å². The van der Waals surface area contributed by atoms with Crippen LogP contribution in [0.5, 0.6) is 0 Å². The van der Waals surface area contributed by atoms with Crippen molar-refractivity contribution in [1.82, 2.24) is 14.7 Å². The van der Waals surface area contributed by atoms with Gasteiger partial charge in [-0.3, -0.25) is 4.68 Å². The molecule has 0 radical (unpaired) electrons. The van der Waals surface area contributed by atoms with Gasteiger partial charge in [0, 0.05) is 25.3 Å². The smallest absolute Gasteiger partial charge is 0.322 e. The van der Waals surface area contributed by atoms with Gasteiger partial charge in [0.25, 0.3) is 0 Å². The zero-order chi connectivity index (χ0) is 19.0. The molecule has 2 amide bonds. The number of urea groups is 1. The van der Waals surface area contributed by atoms with Crippen molar-refractivity contribution in [3.05, 3.63) is 41.5 Å². The van der Waals surface area contributed by atoms with E-state index in [2.05, 4.69) is 15.3 Å². The van der Waals surface area contributed by atoms with Crippen molar-refractivity contribution in [3.8, 4) is 0 Å². The fraction of sp³-hybridized carbons (Fsp3) is 0.474. The molecule has 1 aromatic carbocycles. The summed E-state index contributed by atoms with van der Waals surface area (Å²) < 4.78 is 15.4. The molecular weight excluding hydrogens is 349 g/mol. The normalized spacial score (nSPS) is 17.7. The predicted octanol–water partition coefficient (Wildman–Crippen LogP) is 2.34. The quantitative estimate of drug-likeness (QED) is 0.848. The van der Waals surface area contributed by atoms with Crippen molar-refractivity contribution in [2.75, 3.05) is 29.9 Å². The average molecular weight is 373 g/mol. The van der Waals surface area contributed by atoms with Crippen molar-refractivity contribution in [2.24, 2.45) is 0 Å². The number of hydrogen-bond acceptors (Lipinski definition) is 4. The van der Waals surface area contributed by atoms with Crippen LogP contribution < -0.4 is 10.2 Å². The Balaban J connectivity index is 1.46. The van der Waals surface area contributed by atoms with E-state index < -0.39 is 0 Å². The van der Waals surface area contributed by atoms with Gasteiger partial charge in [-0.2, -0.15) is 5.10 Å². The van der Waals surface area contributed by atoms with Crippen LogP contribution in [0.2, 0.25) is 0 Å². The lowest BCUT2D eigenvalue weighted by atomic mass is 10.1. The lowest BCUT2D eigenvalue weighted by Gasteiger charge is -2.34. The summed E-state index contributed by atoms with van der Waals surface area (Å²) >= 11 is 0. The van der Waals surface area contributed by atoms with Crippen LogP contribution in [0.3, 0.4) is 0 Å². The zero-order valence-electron chi connectivity index (χ0n) is 15.4. The van der Waals surface area contributed by atoms with Crippen LogP contribution in [0.15, 0.2) is 24.4 Å². The number of amides is 2. The van der Waals surface area contributed by atoms with Crippen LogP contribution in [0.1, 0.15) is 24.1 Å². The largest absolute Gasteiger partial charge is 0.393 e.